The van der Waals surface area contributed by atoms with E-state index in [1.807, 2.05) is 13.0 Å². The Morgan fingerprint density at radius 2 is 2.12 bits per heavy atom. The van der Waals surface area contributed by atoms with Gasteiger partial charge in [-0.15, -0.1) is 0 Å². The number of nitrogens with one attached hydrogen (secondary N) is 1. The molecule has 0 aliphatic rings. The fourth-order valence-electron chi connectivity index (χ4n) is 1.41. The van der Waals surface area contributed by atoms with Crippen molar-refractivity contribution in [2.45, 2.75) is 19.9 Å². The van der Waals surface area contributed by atoms with Crippen molar-refractivity contribution in [3.63, 3.8) is 0 Å². The molecule has 1 aromatic rings. The quantitative estimate of drug-likeness (QED) is 0.654. The average molecular weight is 241 g/mol. The first-order chi connectivity index (χ1) is 7.99. The van der Waals surface area contributed by atoms with Crippen LogP contribution in [0.15, 0.2) is 16.5 Å². The summed E-state index contributed by atoms with van der Waals surface area (Å²) in [6.07, 6.45) is -0.389. The smallest absolute Gasteiger partial charge is 0.308 e. The summed E-state index contributed by atoms with van der Waals surface area (Å²) in [4.78, 5) is 21.2. The third kappa shape index (κ3) is 4.69. The minimum absolute atomic E-state index is 0.0986. The molecule has 0 aliphatic heterocycles. The monoisotopic (exact) mass is 241 g/mol. The van der Waals surface area contributed by atoms with Gasteiger partial charge in [0.15, 0.2) is 0 Å². The average Bonchev–Trinajstić information content (AvgIpc) is 2.62. The van der Waals surface area contributed by atoms with Crippen LogP contribution in [0.25, 0.3) is 0 Å². The van der Waals surface area contributed by atoms with E-state index < -0.39 is 17.9 Å². The Kier molecular flexibility index (Phi) is 4.71. The van der Waals surface area contributed by atoms with E-state index in [0.717, 1.165) is 5.76 Å². The number of aryl methyl sites for hydroxylation is 1. The van der Waals surface area contributed by atoms with Crippen molar-refractivity contribution in [3.8, 4) is 0 Å². The highest BCUT2D eigenvalue weighted by Crippen LogP contribution is 2.07. The molecular formula is C11H15NO5. The summed E-state index contributed by atoms with van der Waals surface area (Å²) in [6, 6.07) is 3.60. The molecule has 0 amide bonds. The molecule has 6 nitrogen and oxygen atoms in total. The summed E-state index contributed by atoms with van der Waals surface area (Å²) in [5.41, 5.74) is 0. The van der Waals surface area contributed by atoms with E-state index in [9.17, 15) is 9.59 Å². The lowest BCUT2D eigenvalue weighted by atomic mass is 10.1. The van der Waals surface area contributed by atoms with Crippen molar-refractivity contribution < 1.29 is 24.2 Å². The van der Waals surface area contributed by atoms with Crippen LogP contribution < -0.4 is 5.32 Å². The normalized spacial score (nSPS) is 12.3. The van der Waals surface area contributed by atoms with Gasteiger partial charge >= 0.3 is 11.9 Å². The zero-order valence-corrected chi connectivity index (χ0v) is 9.47. The molecule has 0 spiro atoms. The Morgan fingerprint density at radius 3 is 2.59 bits per heavy atom. The molecule has 1 unspecified atom stereocenters. The van der Waals surface area contributed by atoms with E-state index >= 15 is 0 Å². The fraction of sp³-hybridized carbons (Fsp3) is 0.455. The second-order valence-electron chi connectivity index (χ2n) is 3.78. The number of furan rings is 1. The largest absolute Gasteiger partial charge is 0.481 e. The maximum atomic E-state index is 10.8. The predicted octanol–water partition coefficient (Wildman–Crippen LogP) is 0.853. The highest BCUT2D eigenvalue weighted by atomic mass is 16.4. The summed E-state index contributed by atoms with van der Waals surface area (Å²) in [7, 11) is 0. The number of hydrogen-bond acceptors (Lipinski definition) is 4. The van der Waals surface area contributed by atoms with Gasteiger partial charge in [0.25, 0.3) is 0 Å². The standard InChI is InChI=1S/C11H15NO5/c1-7-2-3-9(17-7)6-12-5-8(11(15)16)4-10(13)14/h2-3,8,12H,4-6H2,1H3,(H,13,14)(H,15,16). The van der Waals surface area contributed by atoms with E-state index in [-0.39, 0.29) is 13.0 Å². The number of carbonyl (C=O) groups is 2. The second kappa shape index (κ2) is 6.05. The Hall–Kier alpha value is -1.82. The summed E-state index contributed by atoms with van der Waals surface area (Å²) in [5.74, 6) is -1.68. The highest BCUT2D eigenvalue weighted by Gasteiger charge is 2.20. The molecule has 1 rings (SSSR count). The topological polar surface area (TPSA) is 99.8 Å². The van der Waals surface area contributed by atoms with Crippen molar-refractivity contribution in [1.29, 1.82) is 0 Å². The Balaban J connectivity index is 2.37. The SMILES string of the molecule is Cc1ccc(CNCC(CC(=O)O)C(=O)O)o1. The van der Waals surface area contributed by atoms with Gasteiger partial charge in [0.1, 0.15) is 11.5 Å². The van der Waals surface area contributed by atoms with Crippen molar-refractivity contribution in [3.05, 3.63) is 23.7 Å². The van der Waals surface area contributed by atoms with E-state index in [2.05, 4.69) is 5.32 Å². The molecule has 0 aliphatic carbocycles. The minimum atomic E-state index is -1.12. The van der Waals surface area contributed by atoms with Crippen molar-refractivity contribution in [1.82, 2.24) is 5.32 Å². The first-order valence-electron chi connectivity index (χ1n) is 5.19. The molecule has 94 valence electrons. The van der Waals surface area contributed by atoms with Gasteiger partial charge in [-0.05, 0) is 19.1 Å². The van der Waals surface area contributed by atoms with Gasteiger partial charge in [0, 0.05) is 6.54 Å². The minimum Gasteiger partial charge on any atom is -0.481 e. The third-order valence-corrected chi connectivity index (χ3v) is 2.26. The summed E-state index contributed by atoms with van der Waals surface area (Å²) < 4.78 is 5.28. The first kappa shape index (κ1) is 13.2. The Morgan fingerprint density at radius 1 is 1.41 bits per heavy atom. The molecular weight excluding hydrogens is 226 g/mol. The zero-order chi connectivity index (χ0) is 12.8. The van der Waals surface area contributed by atoms with Crippen LogP contribution >= 0.6 is 0 Å². The molecule has 1 atom stereocenters. The van der Waals surface area contributed by atoms with E-state index in [4.69, 9.17) is 14.6 Å². The summed E-state index contributed by atoms with van der Waals surface area (Å²) in [6.45, 7) is 2.30. The lowest BCUT2D eigenvalue weighted by Gasteiger charge is -2.10. The molecule has 0 saturated heterocycles. The van der Waals surface area contributed by atoms with Crippen molar-refractivity contribution >= 4 is 11.9 Å². The molecule has 6 heteroatoms. The van der Waals surface area contributed by atoms with Gasteiger partial charge in [-0.1, -0.05) is 0 Å². The van der Waals surface area contributed by atoms with Gasteiger partial charge in [-0.25, -0.2) is 0 Å². The van der Waals surface area contributed by atoms with E-state index in [0.29, 0.717) is 12.3 Å². The van der Waals surface area contributed by atoms with Crippen LogP contribution in [-0.4, -0.2) is 28.7 Å². The van der Waals surface area contributed by atoms with Crippen molar-refractivity contribution in [2.24, 2.45) is 5.92 Å². The molecule has 0 radical (unpaired) electrons. The predicted molar refractivity (Wildman–Crippen MR) is 58.5 cm³/mol. The van der Waals surface area contributed by atoms with Gasteiger partial charge in [-0.3, -0.25) is 9.59 Å². The van der Waals surface area contributed by atoms with Gasteiger partial charge in [-0.2, -0.15) is 0 Å². The van der Waals surface area contributed by atoms with Crippen LogP contribution in [0.2, 0.25) is 0 Å². The number of carboxylic acids is 2. The fourth-order valence-corrected chi connectivity index (χ4v) is 1.41. The summed E-state index contributed by atoms with van der Waals surface area (Å²) in [5, 5.41) is 20.2. The first-order valence-corrected chi connectivity index (χ1v) is 5.19. The van der Waals surface area contributed by atoms with Gasteiger partial charge in [0.2, 0.25) is 0 Å². The van der Waals surface area contributed by atoms with Crippen LogP contribution in [0.5, 0.6) is 0 Å². The third-order valence-electron chi connectivity index (χ3n) is 2.26. The number of aliphatic carboxylic acids is 2. The molecule has 0 aromatic carbocycles. The lowest BCUT2D eigenvalue weighted by molar-refractivity contribution is -0.148. The molecule has 0 fully saturated rings. The molecule has 3 N–H and O–H groups in total. The molecule has 17 heavy (non-hydrogen) atoms. The van der Waals surface area contributed by atoms with E-state index in [1.54, 1.807) is 6.07 Å². The van der Waals surface area contributed by atoms with Gasteiger partial charge < -0.3 is 19.9 Å². The van der Waals surface area contributed by atoms with Crippen LogP contribution in [0.3, 0.4) is 0 Å². The van der Waals surface area contributed by atoms with Crippen LogP contribution in [0.4, 0.5) is 0 Å². The van der Waals surface area contributed by atoms with Crippen LogP contribution in [0.1, 0.15) is 17.9 Å². The Bertz CT molecular complexity index is 398. The molecule has 1 aromatic heterocycles. The zero-order valence-electron chi connectivity index (χ0n) is 9.47. The maximum absolute atomic E-state index is 10.8. The number of carboxylic acid groups (broad SMARTS) is 2. The Labute approximate surface area is 98.2 Å². The number of rotatable bonds is 7. The lowest BCUT2D eigenvalue weighted by Crippen LogP contribution is -2.29. The summed E-state index contributed by atoms with van der Waals surface area (Å²) >= 11 is 0. The van der Waals surface area contributed by atoms with Crippen molar-refractivity contribution in [2.75, 3.05) is 6.54 Å². The highest BCUT2D eigenvalue weighted by molar-refractivity contribution is 5.77. The second-order valence-corrected chi connectivity index (χ2v) is 3.78. The molecule has 1 heterocycles. The van der Waals surface area contributed by atoms with Crippen LogP contribution in [0, 0.1) is 12.8 Å². The van der Waals surface area contributed by atoms with Crippen LogP contribution in [-0.2, 0) is 16.1 Å². The molecule has 0 bridgehead atoms. The maximum Gasteiger partial charge on any atom is 0.308 e. The van der Waals surface area contributed by atoms with E-state index in [1.165, 1.54) is 0 Å². The number of hydrogen-bond donors (Lipinski definition) is 3. The molecule has 0 saturated carbocycles. The van der Waals surface area contributed by atoms with Gasteiger partial charge in [0.05, 0.1) is 18.9 Å².